The molecule has 1 nitrogen and oxygen atoms in total. The molecule has 2 atom stereocenters. The van der Waals surface area contributed by atoms with Gasteiger partial charge in [0.1, 0.15) is 12.4 Å². The summed E-state index contributed by atoms with van der Waals surface area (Å²) in [7, 11) is 0. The molecule has 0 aliphatic heterocycles. The number of hydrogen-bond donors (Lipinski definition) is 0. The maximum absolute atomic E-state index is 5.99. The van der Waals surface area contributed by atoms with Crippen molar-refractivity contribution in [3.05, 3.63) is 114 Å². The lowest BCUT2D eigenvalue weighted by Crippen LogP contribution is -2.07. The van der Waals surface area contributed by atoms with Crippen LogP contribution in [0.4, 0.5) is 0 Å². The lowest BCUT2D eigenvalue weighted by molar-refractivity contribution is 0.306. The van der Waals surface area contributed by atoms with Crippen molar-refractivity contribution < 1.29 is 4.74 Å². The molecule has 0 bridgehead atoms. The van der Waals surface area contributed by atoms with Gasteiger partial charge in [-0.15, -0.1) is 6.58 Å². The Morgan fingerprint density at radius 1 is 0.800 bits per heavy atom. The monoisotopic (exact) mass is 464 g/mol. The summed E-state index contributed by atoms with van der Waals surface area (Å²) in [5.41, 5.74) is 6.47. The summed E-state index contributed by atoms with van der Waals surface area (Å²) in [5, 5.41) is 0. The molecular weight excluding hydrogens is 424 g/mol. The maximum Gasteiger partial charge on any atom is 0.119 e. The highest BCUT2D eigenvalue weighted by Crippen LogP contribution is 2.33. The van der Waals surface area contributed by atoms with Gasteiger partial charge >= 0.3 is 0 Å². The molecule has 4 rings (SSSR count). The summed E-state index contributed by atoms with van der Waals surface area (Å²) in [6.45, 7) is 6.66. The Morgan fingerprint density at radius 2 is 1.49 bits per heavy atom. The van der Waals surface area contributed by atoms with E-state index < -0.39 is 0 Å². The highest BCUT2D eigenvalue weighted by Gasteiger charge is 2.17. The van der Waals surface area contributed by atoms with E-state index in [1.54, 1.807) is 0 Å². The van der Waals surface area contributed by atoms with Crippen molar-refractivity contribution in [2.75, 3.05) is 0 Å². The summed E-state index contributed by atoms with van der Waals surface area (Å²) in [4.78, 5) is 0. The Balaban J connectivity index is 1.28. The van der Waals surface area contributed by atoms with Crippen LogP contribution in [0.5, 0.6) is 5.75 Å². The number of hydrogen-bond acceptors (Lipinski definition) is 1. The van der Waals surface area contributed by atoms with E-state index >= 15 is 0 Å². The fourth-order valence-corrected chi connectivity index (χ4v) is 4.96. The zero-order valence-corrected chi connectivity index (χ0v) is 21.3. The van der Waals surface area contributed by atoms with Crippen molar-refractivity contribution in [2.45, 2.75) is 70.8 Å². The van der Waals surface area contributed by atoms with Gasteiger partial charge in [-0.25, -0.2) is 0 Å². The molecule has 0 saturated carbocycles. The Labute approximate surface area is 212 Å². The van der Waals surface area contributed by atoms with Crippen molar-refractivity contribution >= 4 is 0 Å². The molecule has 182 valence electrons. The topological polar surface area (TPSA) is 9.23 Å². The van der Waals surface area contributed by atoms with E-state index in [9.17, 15) is 0 Å². The van der Waals surface area contributed by atoms with Gasteiger partial charge in [0.2, 0.25) is 0 Å². The zero-order valence-electron chi connectivity index (χ0n) is 21.3. The van der Waals surface area contributed by atoms with Gasteiger partial charge < -0.3 is 4.74 Å². The Bertz CT molecular complexity index is 1060. The van der Waals surface area contributed by atoms with Crippen LogP contribution in [0, 0.1) is 5.92 Å². The normalized spacial score (nSPS) is 17.3. The van der Waals surface area contributed by atoms with Crippen molar-refractivity contribution in [1.29, 1.82) is 0 Å². The molecule has 0 heterocycles. The minimum Gasteiger partial charge on any atom is -0.489 e. The van der Waals surface area contributed by atoms with Crippen LogP contribution in [0.2, 0.25) is 0 Å². The number of aryl methyl sites for hydroxylation is 1. The molecule has 0 amide bonds. The summed E-state index contributed by atoms with van der Waals surface area (Å²) in [6.07, 6.45) is 17.0. The fraction of sp³-hybridized carbons (Fsp3) is 0.353. The lowest BCUT2D eigenvalue weighted by Gasteiger charge is -2.23. The van der Waals surface area contributed by atoms with Gasteiger partial charge in [-0.05, 0) is 78.0 Å². The lowest BCUT2D eigenvalue weighted by atomic mass is 9.82. The van der Waals surface area contributed by atoms with E-state index in [0.29, 0.717) is 12.5 Å². The van der Waals surface area contributed by atoms with E-state index in [0.717, 1.165) is 24.5 Å². The molecule has 0 spiro atoms. The van der Waals surface area contributed by atoms with Crippen molar-refractivity contribution in [3.63, 3.8) is 0 Å². The molecule has 1 aliphatic carbocycles. The summed E-state index contributed by atoms with van der Waals surface area (Å²) >= 11 is 0. The second-order valence-corrected chi connectivity index (χ2v) is 9.90. The molecule has 0 radical (unpaired) electrons. The summed E-state index contributed by atoms with van der Waals surface area (Å²) in [5.74, 6) is 2.28. The van der Waals surface area contributed by atoms with Crippen LogP contribution in [0.1, 0.15) is 74.5 Å². The molecule has 2 unspecified atom stereocenters. The molecule has 3 aromatic carbocycles. The molecular formula is C34H40O. The first kappa shape index (κ1) is 25.0. The Hall–Kier alpha value is -3.06. The van der Waals surface area contributed by atoms with E-state index in [1.807, 2.05) is 6.08 Å². The quantitative estimate of drug-likeness (QED) is 0.191. The van der Waals surface area contributed by atoms with E-state index in [2.05, 4.69) is 98.5 Å². The van der Waals surface area contributed by atoms with Crippen LogP contribution in [0.15, 0.2) is 97.6 Å². The SMILES string of the molecule is C=CCCc1ccc(OCc2ccc(-c3ccc(C4C=CC(CCCCC)CC4)cc3)cc2)cc1. The molecule has 1 heteroatoms. The molecule has 1 aliphatic rings. The van der Waals surface area contributed by atoms with Gasteiger partial charge in [-0.3, -0.25) is 0 Å². The number of allylic oxidation sites excluding steroid dienone is 3. The van der Waals surface area contributed by atoms with Crippen molar-refractivity contribution in [3.8, 4) is 16.9 Å². The predicted molar refractivity (Wildman–Crippen MR) is 150 cm³/mol. The van der Waals surface area contributed by atoms with Gasteiger partial charge in [0.05, 0.1) is 0 Å². The molecule has 35 heavy (non-hydrogen) atoms. The largest absolute Gasteiger partial charge is 0.489 e. The number of benzene rings is 3. The first-order chi connectivity index (χ1) is 17.2. The van der Waals surface area contributed by atoms with Gasteiger partial charge in [0.15, 0.2) is 0 Å². The van der Waals surface area contributed by atoms with Gasteiger partial charge in [0.25, 0.3) is 0 Å². The Morgan fingerprint density at radius 3 is 2.11 bits per heavy atom. The van der Waals surface area contributed by atoms with Crippen LogP contribution < -0.4 is 4.74 Å². The minimum absolute atomic E-state index is 0.571. The summed E-state index contributed by atoms with van der Waals surface area (Å²) < 4.78 is 5.99. The van der Waals surface area contributed by atoms with E-state index in [1.165, 1.54) is 66.3 Å². The van der Waals surface area contributed by atoms with Crippen LogP contribution in [-0.4, -0.2) is 0 Å². The second kappa shape index (κ2) is 13.1. The van der Waals surface area contributed by atoms with Crippen LogP contribution >= 0.6 is 0 Å². The highest BCUT2D eigenvalue weighted by molar-refractivity contribution is 5.64. The first-order valence-corrected chi connectivity index (χ1v) is 13.5. The summed E-state index contributed by atoms with van der Waals surface area (Å²) in [6, 6.07) is 26.3. The third-order valence-corrected chi connectivity index (χ3v) is 7.23. The smallest absolute Gasteiger partial charge is 0.119 e. The van der Waals surface area contributed by atoms with E-state index in [4.69, 9.17) is 4.74 Å². The Kier molecular flexibility index (Phi) is 9.40. The second-order valence-electron chi connectivity index (χ2n) is 9.90. The van der Waals surface area contributed by atoms with Crippen LogP contribution in [-0.2, 0) is 13.0 Å². The van der Waals surface area contributed by atoms with Crippen LogP contribution in [0.25, 0.3) is 11.1 Å². The fourth-order valence-electron chi connectivity index (χ4n) is 4.96. The average molecular weight is 465 g/mol. The molecule has 0 N–H and O–H groups in total. The minimum atomic E-state index is 0.571. The van der Waals surface area contributed by atoms with Crippen LogP contribution in [0.3, 0.4) is 0 Å². The van der Waals surface area contributed by atoms with Gasteiger partial charge in [0, 0.05) is 5.92 Å². The average Bonchev–Trinajstić information content (AvgIpc) is 2.92. The third-order valence-electron chi connectivity index (χ3n) is 7.23. The first-order valence-electron chi connectivity index (χ1n) is 13.5. The van der Waals surface area contributed by atoms with Gasteiger partial charge in [-0.1, -0.05) is 105 Å². The zero-order chi connectivity index (χ0) is 24.3. The van der Waals surface area contributed by atoms with Crippen molar-refractivity contribution in [1.82, 2.24) is 0 Å². The van der Waals surface area contributed by atoms with E-state index in [-0.39, 0.29) is 0 Å². The number of rotatable bonds is 12. The molecule has 0 fully saturated rings. The molecule has 0 aromatic heterocycles. The van der Waals surface area contributed by atoms with Gasteiger partial charge in [-0.2, -0.15) is 0 Å². The highest BCUT2D eigenvalue weighted by atomic mass is 16.5. The number of ether oxygens (including phenoxy) is 1. The van der Waals surface area contributed by atoms with Crippen molar-refractivity contribution in [2.24, 2.45) is 5.92 Å². The standard InChI is InChI=1S/C34H40O/c1-3-5-7-9-28-10-16-30(17-11-28)32-20-22-33(23-21-32)31-18-12-29(13-19-31)26-35-34-24-14-27(15-25-34)8-6-4-2/h4,10,12-16,18-25,28,30H,2-3,5-9,11,17,26H2,1H3. The molecule has 0 saturated heterocycles. The third kappa shape index (κ3) is 7.46. The maximum atomic E-state index is 5.99. The molecule has 3 aromatic rings. The number of unbranched alkanes of at least 4 members (excludes halogenated alkanes) is 2. The predicted octanol–water partition coefficient (Wildman–Crippen LogP) is 9.68.